The van der Waals surface area contributed by atoms with E-state index in [2.05, 4.69) is 0 Å². The molecule has 6 nitrogen and oxygen atoms in total. The van der Waals surface area contributed by atoms with Crippen LogP contribution >= 0.6 is 0 Å². The molecule has 0 aromatic carbocycles. The van der Waals surface area contributed by atoms with E-state index in [1.54, 1.807) is 19.0 Å². The highest BCUT2D eigenvalue weighted by atomic mass is 16.6. The van der Waals surface area contributed by atoms with Gasteiger partial charge in [-0.25, -0.2) is 0 Å². The Kier molecular flexibility index (Phi) is 2.55. The minimum atomic E-state index is -0.505. The summed E-state index contributed by atoms with van der Waals surface area (Å²) in [7, 11) is 4.81. The largest absolute Gasteiger partial charge is 0.358 e. The zero-order valence-electron chi connectivity index (χ0n) is 8.22. The summed E-state index contributed by atoms with van der Waals surface area (Å²) in [6.07, 6.45) is 0. The highest BCUT2D eigenvalue weighted by Gasteiger charge is 2.18. The van der Waals surface area contributed by atoms with Crippen molar-refractivity contribution in [3.8, 4) is 0 Å². The lowest BCUT2D eigenvalue weighted by Crippen LogP contribution is -2.24. The number of rotatable bonds is 2. The van der Waals surface area contributed by atoms with Crippen LogP contribution < -0.4 is 10.5 Å². The van der Waals surface area contributed by atoms with Crippen LogP contribution in [0.1, 0.15) is 0 Å². The number of pyridine rings is 1. The predicted molar refractivity (Wildman–Crippen MR) is 52.7 cm³/mol. The smallest absolute Gasteiger partial charge is 0.310 e. The Labute approximate surface area is 80.5 Å². The van der Waals surface area contributed by atoms with Crippen molar-refractivity contribution in [2.24, 2.45) is 7.05 Å². The van der Waals surface area contributed by atoms with Gasteiger partial charge < -0.3 is 4.90 Å². The van der Waals surface area contributed by atoms with Crippen LogP contribution in [0.25, 0.3) is 0 Å². The molecule has 0 fully saturated rings. The van der Waals surface area contributed by atoms with E-state index in [9.17, 15) is 14.9 Å². The molecule has 6 heteroatoms. The first kappa shape index (κ1) is 10.2. The molecule has 0 bridgehead atoms. The molecule has 0 aliphatic heterocycles. The van der Waals surface area contributed by atoms with E-state index >= 15 is 0 Å². The van der Waals surface area contributed by atoms with E-state index in [4.69, 9.17) is 0 Å². The van der Waals surface area contributed by atoms with Crippen LogP contribution in [-0.4, -0.2) is 23.6 Å². The van der Waals surface area contributed by atoms with Crippen LogP contribution in [0.15, 0.2) is 16.9 Å². The first-order chi connectivity index (χ1) is 6.45. The zero-order chi connectivity index (χ0) is 10.9. The van der Waals surface area contributed by atoms with Gasteiger partial charge in [-0.15, -0.1) is 0 Å². The molecule has 0 unspecified atom stereocenters. The van der Waals surface area contributed by atoms with Gasteiger partial charge in [0.2, 0.25) is 0 Å². The molecular formula is C8H11N3O3. The third-order valence-corrected chi connectivity index (χ3v) is 1.88. The molecule has 0 spiro atoms. The summed E-state index contributed by atoms with van der Waals surface area (Å²) in [6.45, 7) is 0. The van der Waals surface area contributed by atoms with Gasteiger partial charge in [0.25, 0.3) is 5.56 Å². The molecule has 1 rings (SSSR count). The van der Waals surface area contributed by atoms with Gasteiger partial charge in [-0.2, -0.15) is 0 Å². The van der Waals surface area contributed by atoms with Crippen molar-refractivity contribution >= 4 is 11.5 Å². The van der Waals surface area contributed by atoms with E-state index in [1.165, 1.54) is 23.7 Å². The lowest BCUT2D eigenvalue weighted by molar-refractivity contribution is -0.384. The average molecular weight is 197 g/mol. The summed E-state index contributed by atoms with van der Waals surface area (Å²) in [5.74, 6) is 0.294. The van der Waals surface area contributed by atoms with E-state index < -0.39 is 4.92 Å². The maximum atomic E-state index is 11.2. The van der Waals surface area contributed by atoms with Gasteiger partial charge >= 0.3 is 5.69 Å². The maximum absolute atomic E-state index is 11.2. The van der Waals surface area contributed by atoms with Gasteiger partial charge in [-0.3, -0.25) is 19.5 Å². The van der Waals surface area contributed by atoms with Gasteiger partial charge in [-0.1, -0.05) is 0 Å². The summed E-state index contributed by atoms with van der Waals surface area (Å²) in [4.78, 5) is 22.9. The number of nitrogens with zero attached hydrogens (tertiary/aromatic N) is 3. The average Bonchev–Trinajstić information content (AvgIpc) is 2.08. The molecule has 0 aliphatic rings. The minimum Gasteiger partial charge on any atom is -0.358 e. The van der Waals surface area contributed by atoms with E-state index in [0.29, 0.717) is 5.82 Å². The summed E-state index contributed by atoms with van der Waals surface area (Å²) in [6, 6.07) is 2.41. The van der Waals surface area contributed by atoms with Gasteiger partial charge in [0.15, 0.2) is 5.82 Å². The van der Waals surface area contributed by atoms with Crippen LogP contribution in [0.2, 0.25) is 0 Å². The fourth-order valence-electron chi connectivity index (χ4n) is 1.28. The molecule has 0 aliphatic carbocycles. The fourth-order valence-corrected chi connectivity index (χ4v) is 1.28. The van der Waals surface area contributed by atoms with Gasteiger partial charge in [-0.05, 0) is 0 Å². The molecule has 0 amide bonds. The predicted octanol–water partition coefficient (Wildman–Crippen LogP) is 0.359. The van der Waals surface area contributed by atoms with Crippen molar-refractivity contribution in [2.45, 2.75) is 0 Å². The van der Waals surface area contributed by atoms with Gasteiger partial charge in [0, 0.05) is 33.3 Å². The molecule has 1 heterocycles. The molecular weight excluding hydrogens is 186 g/mol. The Hall–Kier alpha value is -1.85. The Balaban J connectivity index is 3.53. The van der Waals surface area contributed by atoms with Gasteiger partial charge in [0.05, 0.1) is 4.92 Å². The lowest BCUT2D eigenvalue weighted by atomic mass is 10.3. The van der Waals surface area contributed by atoms with Crippen molar-refractivity contribution in [3.63, 3.8) is 0 Å². The Morgan fingerprint density at radius 1 is 1.43 bits per heavy atom. The van der Waals surface area contributed by atoms with Gasteiger partial charge in [0.1, 0.15) is 0 Å². The molecule has 0 radical (unpaired) electrons. The maximum Gasteiger partial charge on any atom is 0.310 e. The summed E-state index contributed by atoms with van der Waals surface area (Å²) >= 11 is 0. The Bertz CT molecular complexity index is 422. The van der Waals surface area contributed by atoms with Crippen molar-refractivity contribution in [2.75, 3.05) is 19.0 Å². The topological polar surface area (TPSA) is 68.4 Å². The second-order valence-corrected chi connectivity index (χ2v) is 3.09. The third kappa shape index (κ3) is 1.59. The Morgan fingerprint density at radius 2 is 2.00 bits per heavy atom. The standard InChI is InChI=1S/C8H11N3O3/c1-9(2)8-6(11(13)14)4-5-7(12)10(8)3/h4-5H,1-3H3. The second-order valence-electron chi connectivity index (χ2n) is 3.09. The molecule has 1 aromatic rings. The minimum absolute atomic E-state index is 0.0721. The molecule has 0 saturated carbocycles. The van der Waals surface area contributed by atoms with Crippen molar-refractivity contribution in [1.82, 2.24) is 4.57 Å². The first-order valence-corrected chi connectivity index (χ1v) is 3.97. The Morgan fingerprint density at radius 3 is 2.43 bits per heavy atom. The molecule has 0 saturated heterocycles. The number of hydrogen-bond acceptors (Lipinski definition) is 4. The number of hydrogen-bond donors (Lipinski definition) is 0. The number of nitro groups is 1. The molecule has 0 atom stereocenters. The SMILES string of the molecule is CN(C)c1c([N+](=O)[O-])ccc(=O)n1C. The summed E-state index contributed by atoms with van der Waals surface area (Å²) in [5, 5.41) is 10.7. The molecule has 14 heavy (non-hydrogen) atoms. The highest BCUT2D eigenvalue weighted by Crippen LogP contribution is 2.22. The van der Waals surface area contributed by atoms with Crippen molar-refractivity contribution < 1.29 is 4.92 Å². The fraction of sp³-hybridized carbons (Fsp3) is 0.375. The van der Waals surface area contributed by atoms with E-state index in [-0.39, 0.29) is 11.2 Å². The second kappa shape index (κ2) is 3.49. The highest BCUT2D eigenvalue weighted by molar-refractivity contribution is 5.57. The third-order valence-electron chi connectivity index (χ3n) is 1.88. The quantitative estimate of drug-likeness (QED) is 0.507. The van der Waals surface area contributed by atoms with Crippen LogP contribution in [0.3, 0.4) is 0 Å². The summed E-state index contributed by atoms with van der Waals surface area (Å²) < 4.78 is 1.25. The monoisotopic (exact) mass is 197 g/mol. The van der Waals surface area contributed by atoms with E-state index in [1.807, 2.05) is 0 Å². The zero-order valence-corrected chi connectivity index (χ0v) is 8.22. The lowest BCUT2D eigenvalue weighted by Gasteiger charge is -2.15. The normalized spacial score (nSPS) is 9.93. The van der Waals surface area contributed by atoms with Crippen LogP contribution in [0, 0.1) is 10.1 Å². The molecule has 1 aromatic heterocycles. The van der Waals surface area contributed by atoms with Crippen LogP contribution in [-0.2, 0) is 7.05 Å². The van der Waals surface area contributed by atoms with E-state index in [0.717, 1.165) is 0 Å². The number of aromatic nitrogens is 1. The first-order valence-electron chi connectivity index (χ1n) is 3.97. The van der Waals surface area contributed by atoms with Crippen LogP contribution in [0.4, 0.5) is 11.5 Å². The summed E-state index contributed by atoms with van der Waals surface area (Å²) in [5.41, 5.74) is -0.337. The number of anilines is 1. The van der Waals surface area contributed by atoms with Crippen LogP contribution in [0.5, 0.6) is 0 Å². The molecule has 76 valence electrons. The van der Waals surface area contributed by atoms with Crippen molar-refractivity contribution in [1.29, 1.82) is 0 Å². The molecule has 0 N–H and O–H groups in total. The van der Waals surface area contributed by atoms with Crippen molar-refractivity contribution in [3.05, 3.63) is 32.6 Å².